The van der Waals surface area contributed by atoms with Crippen molar-refractivity contribution in [1.82, 2.24) is 14.9 Å². The number of hydrogen-bond acceptors (Lipinski definition) is 5. The Balaban J connectivity index is 1.48. The highest BCUT2D eigenvalue weighted by molar-refractivity contribution is 6.02. The number of carbonyl (C=O) groups is 2. The molecule has 0 spiro atoms. The number of fused-ring (bicyclic) bond motifs is 7. The fourth-order valence-corrected chi connectivity index (χ4v) is 6.89. The molecule has 8 heteroatoms. The SMILES string of the molecule is C=CCON1C(=O)N2C[C@H]1[C@@H]1C3CCCCCC3C1[C@H]2C1=NCCN1C(=O)OC(C)(C)C. The van der Waals surface area contributed by atoms with Crippen LogP contribution in [-0.2, 0) is 9.57 Å². The molecule has 0 radical (unpaired) electrons. The summed E-state index contributed by atoms with van der Waals surface area (Å²) in [6.07, 6.45) is 7.53. The van der Waals surface area contributed by atoms with E-state index in [1.807, 2.05) is 25.7 Å². The van der Waals surface area contributed by atoms with E-state index in [0.29, 0.717) is 55.7 Å². The summed E-state index contributed by atoms with van der Waals surface area (Å²) >= 11 is 0. The van der Waals surface area contributed by atoms with Gasteiger partial charge in [-0.05, 0) is 57.3 Å². The van der Waals surface area contributed by atoms with Crippen LogP contribution < -0.4 is 0 Å². The van der Waals surface area contributed by atoms with Gasteiger partial charge >= 0.3 is 12.1 Å². The van der Waals surface area contributed by atoms with Crippen molar-refractivity contribution < 1.29 is 19.2 Å². The van der Waals surface area contributed by atoms with Crippen molar-refractivity contribution in [3.05, 3.63) is 12.7 Å². The van der Waals surface area contributed by atoms with E-state index in [1.54, 1.807) is 16.0 Å². The number of urea groups is 1. The Morgan fingerprint density at radius 3 is 2.59 bits per heavy atom. The standard InChI is InChI=1S/C24H36N4O4/c1-5-13-31-28-17-14-27(22(28)29)20(19-16-10-8-6-7-9-15(16)18(17)19)21-25-11-12-26(21)23(30)32-24(2,3)4/h5,15-20H,1,6-14H2,2-4H3/t15?,16?,17-,18-,19?,20-/m0/s1. The Labute approximate surface area is 190 Å². The Morgan fingerprint density at radius 1 is 1.19 bits per heavy atom. The number of carbonyl (C=O) groups excluding carboxylic acids is 2. The predicted molar refractivity (Wildman–Crippen MR) is 120 cm³/mol. The maximum absolute atomic E-state index is 13.5. The van der Waals surface area contributed by atoms with Crippen LogP contribution in [0, 0.1) is 23.7 Å². The maximum atomic E-state index is 13.5. The van der Waals surface area contributed by atoms with Crippen molar-refractivity contribution in [3.8, 4) is 0 Å². The number of hydrogen-bond donors (Lipinski definition) is 0. The molecule has 5 aliphatic rings. The van der Waals surface area contributed by atoms with Crippen molar-refractivity contribution in [2.24, 2.45) is 28.7 Å². The molecule has 3 amide bonds. The van der Waals surface area contributed by atoms with E-state index in [0.717, 1.165) is 0 Å². The Hall–Kier alpha value is -2.09. The van der Waals surface area contributed by atoms with E-state index < -0.39 is 5.60 Å². The summed E-state index contributed by atoms with van der Waals surface area (Å²) in [4.78, 5) is 40.7. The van der Waals surface area contributed by atoms with Gasteiger partial charge in [0.15, 0.2) is 0 Å². The van der Waals surface area contributed by atoms with Crippen molar-refractivity contribution in [3.63, 3.8) is 0 Å². The number of amidine groups is 1. The third kappa shape index (κ3) is 3.42. The normalized spacial score (nSPS) is 36.2. The lowest BCUT2D eigenvalue weighted by Gasteiger charge is -2.60. The van der Waals surface area contributed by atoms with Gasteiger partial charge < -0.3 is 9.64 Å². The molecule has 4 fully saturated rings. The zero-order valence-electron chi connectivity index (χ0n) is 19.5. The van der Waals surface area contributed by atoms with Gasteiger partial charge in [-0.2, -0.15) is 5.06 Å². The second-order valence-corrected chi connectivity index (χ2v) is 10.8. The van der Waals surface area contributed by atoms with Crippen LogP contribution >= 0.6 is 0 Å². The van der Waals surface area contributed by atoms with Crippen LogP contribution in [0.25, 0.3) is 0 Å². The van der Waals surface area contributed by atoms with Crippen LogP contribution in [0.1, 0.15) is 52.9 Å². The average molecular weight is 445 g/mol. The van der Waals surface area contributed by atoms with Gasteiger partial charge in [0.1, 0.15) is 11.4 Å². The molecule has 2 saturated heterocycles. The fraction of sp³-hybridized carbons (Fsp3) is 0.792. The van der Waals surface area contributed by atoms with E-state index in [4.69, 9.17) is 14.6 Å². The van der Waals surface area contributed by atoms with Crippen molar-refractivity contribution >= 4 is 18.0 Å². The first-order valence-corrected chi connectivity index (χ1v) is 12.2. The number of piperidine rings is 1. The highest BCUT2D eigenvalue weighted by Gasteiger charge is 2.67. The Kier molecular flexibility index (Phi) is 5.47. The summed E-state index contributed by atoms with van der Waals surface area (Å²) in [5.74, 6) is 2.62. The second kappa shape index (κ2) is 8.04. The summed E-state index contributed by atoms with van der Waals surface area (Å²) in [6.45, 7) is 11.4. The molecule has 0 aromatic rings. The lowest BCUT2D eigenvalue weighted by Crippen LogP contribution is -2.67. The molecule has 5 rings (SSSR count). The molecule has 0 N–H and O–H groups in total. The van der Waals surface area contributed by atoms with Gasteiger partial charge in [0.2, 0.25) is 0 Å². The van der Waals surface area contributed by atoms with Crippen molar-refractivity contribution in [2.75, 3.05) is 26.2 Å². The van der Waals surface area contributed by atoms with Crippen LogP contribution in [0.5, 0.6) is 0 Å². The molecule has 3 unspecified atom stereocenters. The van der Waals surface area contributed by atoms with Gasteiger partial charge in [-0.15, -0.1) is 6.58 Å². The Morgan fingerprint density at radius 2 is 1.91 bits per heavy atom. The maximum Gasteiger partial charge on any atom is 0.415 e. The first-order valence-electron chi connectivity index (χ1n) is 12.2. The molecule has 32 heavy (non-hydrogen) atoms. The summed E-state index contributed by atoms with van der Waals surface area (Å²) in [6, 6.07) is -0.222. The fourth-order valence-electron chi connectivity index (χ4n) is 6.89. The molecule has 2 aliphatic carbocycles. The lowest BCUT2D eigenvalue weighted by atomic mass is 9.49. The summed E-state index contributed by atoms with van der Waals surface area (Å²) in [7, 11) is 0. The van der Waals surface area contributed by atoms with Gasteiger partial charge in [0.05, 0.1) is 31.8 Å². The van der Waals surface area contributed by atoms with Gasteiger partial charge in [-0.1, -0.05) is 25.3 Å². The van der Waals surface area contributed by atoms with Gasteiger partial charge in [0, 0.05) is 6.54 Å². The first kappa shape index (κ1) is 21.7. The molecule has 176 valence electrons. The summed E-state index contributed by atoms with van der Waals surface area (Å²) in [5.41, 5.74) is -0.577. The molecule has 6 atom stereocenters. The van der Waals surface area contributed by atoms with Crippen molar-refractivity contribution in [1.29, 1.82) is 0 Å². The minimum absolute atomic E-state index is 0.0695. The van der Waals surface area contributed by atoms with Crippen LogP contribution in [0.2, 0.25) is 0 Å². The third-order valence-electron chi connectivity index (χ3n) is 7.91. The minimum Gasteiger partial charge on any atom is -0.443 e. The van der Waals surface area contributed by atoms with E-state index in [1.165, 1.54) is 32.1 Å². The number of hydroxylamine groups is 2. The summed E-state index contributed by atoms with van der Waals surface area (Å²) < 4.78 is 5.69. The summed E-state index contributed by atoms with van der Waals surface area (Å²) in [5, 5.41) is 1.60. The van der Waals surface area contributed by atoms with Crippen LogP contribution in [0.4, 0.5) is 9.59 Å². The van der Waals surface area contributed by atoms with E-state index >= 15 is 0 Å². The van der Waals surface area contributed by atoms with E-state index in [2.05, 4.69) is 6.58 Å². The van der Waals surface area contributed by atoms with Gasteiger partial charge in [-0.3, -0.25) is 14.7 Å². The molecule has 3 aliphatic heterocycles. The van der Waals surface area contributed by atoms with Gasteiger partial charge in [0.25, 0.3) is 0 Å². The number of aliphatic imine (C=N–C) groups is 1. The molecule has 0 aromatic carbocycles. The third-order valence-corrected chi connectivity index (χ3v) is 7.91. The monoisotopic (exact) mass is 444 g/mol. The van der Waals surface area contributed by atoms with E-state index in [-0.39, 0.29) is 24.2 Å². The zero-order chi connectivity index (χ0) is 22.6. The highest BCUT2D eigenvalue weighted by atomic mass is 16.7. The topological polar surface area (TPSA) is 74.7 Å². The predicted octanol–water partition coefficient (Wildman–Crippen LogP) is 3.68. The molecular weight excluding hydrogens is 408 g/mol. The molecule has 2 bridgehead atoms. The quantitative estimate of drug-likeness (QED) is 0.620. The Bertz CT molecular complexity index is 821. The number of nitrogens with zero attached hydrogens (tertiary/aromatic N) is 4. The van der Waals surface area contributed by atoms with Gasteiger partial charge in [-0.25, -0.2) is 9.59 Å². The lowest BCUT2D eigenvalue weighted by molar-refractivity contribution is -0.175. The molecule has 2 saturated carbocycles. The molecule has 0 aromatic heterocycles. The second-order valence-electron chi connectivity index (χ2n) is 10.8. The first-order chi connectivity index (χ1) is 15.3. The number of amides is 3. The van der Waals surface area contributed by atoms with Crippen LogP contribution in [-0.4, -0.2) is 76.7 Å². The number of rotatable bonds is 4. The highest BCUT2D eigenvalue weighted by Crippen LogP contribution is 2.60. The average Bonchev–Trinajstić information content (AvgIpc) is 3.23. The largest absolute Gasteiger partial charge is 0.443 e. The molecule has 8 nitrogen and oxygen atoms in total. The molecular formula is C24H36N4O4. The van der Waals surface area contributed by atoms with Crippen LogP contribution in [0.15, 0.2) is 17.6 Å². The number of ether oxygens (including phenoxy) is 1. The van der Waals surface area contributed by atoms with Crippen LogP contribution in [0.3, 0.4) is 0 Å². The van der Waals surface area contributed by atoms with Crippen molar-refractivity contribution in [2.45, 2.75) is 70.6 Å². The zero-order valence-corrected chi connectivity index (χ0v) is 19.5. The smallest absolute Gasteiger partial charge is 0.415 e. The van der Waals surface area contributed by atoms with E-state index in [9.17, 15) is 9.59 Å². The minimum atomic E-state index is -0.577. The molecule has 3 heterocycles.